The molecule has 1 radical (unpaired) electrons. The summed E-state index contributed by atoms with van der Waals surface area (Å²) in [5.41, 5.74) is 0. The molecule has 4 nitrogen and oxygen atoms in total. The van der Waals surface area contributed by atoms with E-state index in [1.807, 2.05) is 0 Å². The van der Waals surface area contributed by atoms with Crippen molar-refractivity contribution in [3.8, 4) is 0 Å². The lowest BCUT2D eigenvalue weighted by molar-refractivity contribution is -0.117. The second kappa shape index (κ2) is 4.14. The van der Waals surface area contributed by atoms with Gasteiger partial charge in [0.2, 0.25) is 5.91 Å². The van der Waals surface area contributed by atoms with Gasteiger partial charge in [0.15, 0.2) is 0 Å². The van der Waals surface area contributed by atoms with Crippen molar-refractivity contribution >= 4 is 23.6 Å². The van der Waals surface area contributed by atoms with Gasteiger partial charge in [-0.2, -0.15) is 0 Å². The minimum absolute atomic E-state index is 0.269. The highest BCUT2D eigenvalue weighted by molar-refractivity contribution is 6.28. The van der Waals surface area contributed by atoms with Gasteiger partial charge in [-0.15, -0.1) is 11.6 Å². The van der Waals surface area contributed by atoms with Crippen molar-refractivity contribution in [3.63, 3.8) is 0 Å². The largest absolute Gasteiger partial charge is 0.446 e. The minimum atomic E-state index is -0.902. The van der Waals surface area contributed by atoms with Crippen LogP contribution < -0.4 is 5.32 Å². The van der Waals surface area contributed by atoms with Gasteiger partial charge >= 0.3 is 6.09 Å². The fraction of sp³-hybridized carbons (Fsp3) is 0.250. The summed E-state index contributed by atoms with van der Waals surface area (Å²) >= 11 is 5.01. The molecular formula is C4H5ClNO3. The Balaban J connectivity index is 3.47. The molecule has 9 heavy (non-hydrogen) atoms. The fourth-order valence-electron chi connectivity index (χ4n) is 0.183. The highest BCUT2D eigenvalue weighted by Gasteiger charge is 2.03. The number of halogens is 1. The number of amides is 2. The van der Waals surface area contributed by atoms with Crippen LogP contribution in [0.2, 0.25) is 0 Å². The van der Waals surface area contributed by atoms with E-state index in [0.717, 1.165) is 0 Å². The molecule has 1 N–H and O–H groups in total. The van der Waals surface area contributed by atoms with Gasteiger partial charge in [0.25, 0.3) is 0 Å². The molecule has 0 bridgehead atoms. The van der Waals surface area contributed by atoms with Crippen molar-refractivity contribution in [2.75, 3.05) is 5.88 Å². The Labute approximate surface area is 57.1 Å². The molecule has 0 aliphatic carbocycles. The minimum Gasteiger partial charge on any atom is -0.446 e. The summed E-state index contributed by atoms with van der Waals surface area (Å²) in [4.78, 5) is 20.3. The summed E-state index contributed by atoms with van der Waals surface area (Å²) in [5, 5.41) is 1.78. The zero-order chi connectivity index (χ0) is 7.28. The Hall–Kier alpha value is -0.770. The molecule has 0 aliphatic rings. The van der Waals surface area contributed by atoms with E-state index in [2.05, 4.69) is 11.8 Å². The van der Waals surface area contributed by atoms with Crippen LogP contribution in [0.4, 0.5) is 4.79 Å². The lowest BCUT2D eigenvalue weighted by atomic mass is 10.7. The molecule has 51 valence electrons. The summed E-state index contributed by atoms with van der Waals surface area (Å²) in [6.45, 7) is 0. The molecule has 0 aliphatic heterocycles. The molecule has 0 saturated heterocycles. The van der Waals surface area contributed by atoms with Crippen LogP contribution in [0.1, 0.15) is 0 Å². The number of carbonyl (C=O) groups excluding carboxylic acids is 2. The second-order valence-electron chi connectivity index (χ2n) is 1.11. The maximum atomic E-state index is 10.2. The Morgan fingerprint density at radius 1 is 1.67 bits per heavy atom. The first-order valence-corrected chi connectivity index (χ1v) is 2.56. The van der Waals surface area contributed by atoms with Crippen LogP contribution in [0.15, 0.2) is 0 Å². The second-order valence-corrected chi connectivity index (χ2v) is 1.38. The highest BCUT2D eigenvalue weighted by atomic mass is 35.5. The number of nitrogens with one attached hydrogen (secondary N) is 1. The number of hydrogen-bond donors (Lipinski definition) is 1. The Morgan fingerprint density at radius 2 is 2.22 bits per heavy atom. The Bertz CT molecular complexity index is 111. The third kappa shape index (κ3) is 3.78. The van der Waals surface area contributed by atoms with E-state index < -0.39 is 12.0 Å². The number of alkyl carbamates (subject to hydrolysis) is 1. The molecule has 0 atom stereocenters. The molecule has 0 aromatic carbocycles. The number of hydrogen-bond acceptors (Lipinski definition) is 3. The molecule has 0 heterocycles. The molecule has 0 rings (SSSR count). The average Bonchev–Trinajstić information content (AvgIpc) is 1.87. The summed E-state index contributed by atoms with van der Waals surface area (Å²) in [5.74, 6) is -0.875. The predicted molar refractivity (Wildman–Crippen MR) is 30.7 cm³/mol. The van der Waals surface area contributed by atoms with E-state index in [9.17, 15) is 9.59 Å². The monoisotopic (exact) mass is 150 g/mol. The van der Waals surface area contributed by atoms with Gasteiger partial charge in [0.1, 0.15) is 13.0 Å². The lowest BCUT2D eigenvalue weighted by Gasteiger charge is -1.96. The number of carbonyl (C=O) groups is 2. The van der Waals surface area contributed by atoms with Crippen LogP contribution in [-0.2, 0) is 9.53 Å². The van der Waals surface area contributed by atoms with Crippen molar-refractivity contribution in [1.82, 2.24) is 5.32 Å². The van der Waals surface area contributed by atoms with E-state index in [0.29, 0.717) is 0 Å². The van der Waals surface area contributed by atoms with E-state index in [1.165, 1.54) is 0 Å². The van der Waals surface area contributed by atoms with Crippen molar-refractivity contribution in [2.24, 2.45) is 0 Å². The third-order valence-corrected chi connectivity index (χ3v) is 0.737. The molecule has 0 spiro atoms. The van der Waals surface area contributed by atoms with Crippen molar-refractivity contribution in [2.45, 2.75) is 0 Å². The van der Waals surface area contributed by atoms with Gasteiger partial charge in [-0.1, -0.05) is 0 Å². The van der Waals surface area contributed by atoms with Gasteiger partial charge in [0.05, 0.1) is 0 Å². The van der Waals surface area contributed by atoms with E-state index in [1.54, 1.807) is 5.32 Å². The van der Waals surface area contributed by atoms with E-state index >= 15 is 0 Å². The molecule has 0 unspecified atom stereocenters. The first kappa shape index (κ1) is 8.23. The normalized spacial score (nSPS) is 8.22. The summed E-state index contributed by atoms with van der Waals surface area (Å²) < 4.78 is 3.84. The van der Waals surface area contributed by atoms with Gasteiger partial charge in [0, 0.05) is 0 Å². The van der Waals surface area contributed by atoms with Crippen LogP contribution in [0.25, 0.3) is 0 Å². The van der Waals surface area contributed by atoms with Gasteiger partial charge in [-0.3, -0.25) is 10.1 Å². The fourth-order valence-corrected chi connectivity index (χ4v) is 0.250. The third-order valence-electron chi connectivity index (χ3n) is 0.494. The standard InChI is InChI=1S/C4H5ClNO3/c1-9-4(8)6-3(7)2-5/h1-2H2,(H,6,7,8). The van der Waals surface area contributed by atoms with E-state index in [4.69, 9.17) is 11.6 Å². The first-order valence-electron chi connectivity index (χ1n) is 2.02. The average molecular weight is 151 g/mol. The topological polar surface area (TPSA) is 55.4 Å². The molecule has 0 aromatic heterocycles. The zero-order valence-electron chi connectivity index (χ0n) is 4.52. The zero-order valence-corrected chi connectivity index (χ0v) is 5.27. The van der Waals surface area contributed by atoms with Gasteiger partial charge < -0.3 is 4.74 Å². The number of alkyl halides is 1. The molecule has 0 aromatic rings. The smallest absolute Gasteiger partial charge is 0.413 e. The van der Waals surface area contributed by atoms with Crippen molar-refractivity contribution in [1.29, 1.82) is 0 Å². The van der Waals surface area contributed by atoms with Crippen molar-refractivity contribution in [3.05, 3.63) is 7.11 Å². The first-order chi connectivity index (χ1) is 4.20. The molecule has 2 amide bonds. The summed E-state index contributed by atoms with van der Waals surface area (Å²) in [6, 6.07) is 0. The number of imide groups is 1. The maximum absolute atomic E-state index is 10.2. The van der Waals surface area contributed by atoms with Gasteiger partial charge in [-0.25, -0.2) is 4.79 Å². The number of ether oxygens (including phenoxy) is 1. The van der Waals surface area contributed by atoms with Crippen molar-refractivity contribution < 1.29 is 14.3 Å². The summed E-state index contributed by atoms with van der Waals surface area (Å²) in [7, 11) is 2.77. The van der Waals surface area contributed by atoms with E-state index in [-0.39, 0.29) is 5.88 Å². The Morgan fingerprint density at radius 3 is 2.56 bits per heavy atom. The van der Waals surface area contributed by atoms with Crippen LogP contribution >= 0.6 is 11.6 Å². The van der Waals surface area contributed by atoms with Crippen LogP contribution in [-0.4, -0.2) is 17.9 Å². The molecular weight excluding hydrogens is 146 g/mol. The molecule has 0 saturated carbocycles. The molecule has 5 heteroatoms. The molecule has 0 fully saturated rings. The van der Waals surface area contributed by atoms with Crippen LogP contribution in [0.5, 0.6) is 0 Å². The van der Waals surface area contributed by atoms with Gasteiger partial charge in [-0.05, 0) is 0 Å². The predicted octanol–water partition coefficient (Wildman–Crippen LogP) is 0.270. The Kier molecular flexibility index (Phi) is 3.79. The highest BCUT2D eigenvalue weighted by Crippen LogP contribution is 1.76. The van der Waals surface area contributed by atoms with Crippen LogP contribution in [0, 0.1) is 7.11 Å². The summed E-state index contributed by atoms with van der Waals surface area (Å²) in [6.07, 6.45) is -0.902. The SMILES string of the molecule is [CH2]OC(=O)NC(=O)CCl. The van der Waals surface area contributed by atoms with Crippen LogP contribution in [0.3, 0.4) is 0 Å². The lowest BCUT2D eigenvalue weighted by Crippen LogP contribution is -2.30. The maximum Gasteiger partial charge on any atom is 0.413 e. The number of rotatable bonds is 1. The quantitative estimate of drug-likeness (QED) is 0.546.